The number of Topliss-reactive ketones (excluding diaryl/α,β-unsaturated/α-hetero) is 1. The van der Waals surface area contributed by atoms with Crippen LogP contribution in [0.4, 0.5) is 5.69 Å². The van der Waals surface area contributed by atoms with E-state index in [9.17, 15) is 9.59 Å². The van der Waals surface area contributed by atoms with Gasteiger partial charge in [-0.15, -0.1) is 5.10 Å². The summed E-state index contributed by atoms with van der Waals surface area (Å²) in [5, 5.41) is 7.59. The van der Waals surface area contributed by atoms with Crippen molar-refractivity contribution in [3.8, 4) is 0 Å². The fraction of sp³-hybridized carbons (Fsp3) is 0.278. The molecule has 26 heavy (non-hydrogen) atoms. The smallest absolute Gasteiger partial charge is 0.253 e. The number of hydrogen-bond acceptors (Lipinski definition) is 6. The van der Waals surface area contributed by atoms with Crippen molar-refractivity contribution in [2.24, 2.45) is 5.92 Å². The minimum atomic E-state index is -0.0267. The van der Waals surface area contributed by atoms with Crippen molar-refractivity contribution in [1.29, 1.82) is 0 Å². The highest BCUT2D eigenvalue weighted by Gasteiger charge is 2.11. The van der Waals surface area contributed by atoms with Crippen LogP contribution in [0.2, 0.25) is 0 Å². The quantitative estimate of drug-likeness (QED) is 0.508. The molecule has 0 unspecified atom stereocenters. The molecule has 0 atom stereocenters. The van der Waals surface area contributed by atoms with Gasteiger partial charge in [-0.3, -0.25) is 9.59 Å². The van der Waals surface area contributed by atoms with E-state index in [1.807, 2.05) is 13.8 Å². The van der Waals surface area contributed by atoms with Crippen molar-refractivity contribution in [3.05, 3.63) is 48.3 Å². The molecule has 134 valence electrons. The fourth-order valence-electron chi connectivity index (χ4n) is 2.31. The Labute approximate surface area is 155 Å². The van der Waals surface area contributed by atoms with Crippen LogP contribution in [0.25, 0.3) is 5.78 Å². The fourth-order valence-corrected chi connectivity index (χ4v) is 3.03. The Morgan fingerprint density at radius 2 is 2.00 bits per heavy atom. The van der Waals surface area contributed by atoms with Crippen molar-refractivity contribution in [2.75, 3.05) is 11.1 Å². The van der Waals surface area contributed by atoms with Crippen LogP contribution < -0.4 is 5.32 Å². The van der Waals surface area contributed by atoms with Gasteiger partial charge in [-0.25, -0.2) is 9.50 Å². The number of ketones is 1. The maximum Gasteiger partial charge on any atom is 0.253 e. The van der Waals surface area contributed by atoms with Gasteiger partial charge >= 0.3 is 0 Å². The second-order valence-corrected chi connectivity index (χ2v) is 7.14. The number of rotatable bonds is 7. The first-order chi connectivity index (χ1) is 12.5. The van der Waals surface area contributed by atoms with Crippen molar-refractivity contribution in [3.63, 3.8) is 0 Å². The number of hydrogen-bond donors (Lipinski definition) is 1. The van der Waals surface area contributed by atoms with Crippen LogP contribution in [0.5, 0.6) is 0 Å². The molecule has 0 aliphatic rings. The standard InChI is InChI=1S/C18H19N5O2S/c1-12(2)10-16(25)20-14-6-4-13(5-7-14)15(24)11-26-18-21-17-19-8-3-9-23(17)22-18/h3-9,12H,10-11H2,1-2H3,(H,20,25). The SMILES string of the molecule is CC(C)CC(=O)Nc1ccc(C(=O)CSc2nc3ncccn3n2)cc1. The van der Waals surface area contributed by atoms with Crippen LogP contribution in [0.1, 0.15) is 30.6 Å². The number of amides is 1. The van der Waals surface area contributed by atoms with Crippen molar-refractivity contribution >= 4 is 34.9 Å². The number of anilines is 1. The summed E-state index contributed by atoms with van der Waals surface area (Å²) in [6.45, 7) is 3.99. The zero-order valence-corrected chi connectivity index (χ0v) is 15.4. The number of fused-ring (bicyclic) bond motifs is 1. The Bertz CT molecular complexity index is 888. The number of nitrogens with zero attached hydrogens (tertiary/aromatic N) is 4. The third-order valence-electron chi connectivity index (χ3n) is 3.51. The summed E-state index contributed by atoms with van der Waals surface area (Å²) in [5.41, 5.74) is 1.27. The van der Waals surface area contributed by atoms with Crippen molar-refractivity contribution < 1.29 is 9.59 Å². The normalized spacial score (nSPS) is 11.0. The van der Waals surface area contributed by atoms with Crippen LogP contribution in [0.15, 0.2) is 47.9 Å². The number of nitrogens with one attached hydrogen (secondary N) is 1. The second-order valence-electron chi connectivity index (χ2n) is 6.19. The van der Waals surface area contributed by atoms with E-state index in [1.54, 1.807) is 47.2 Å². The molecule has 0 aliphatic heterocycles. The summed E-state index contributed by atoms with van der Waals surface area (Å²) < 4.78 is 1.57. The monoisotopic (exact) mass is 369 g/mol. The van der Waals surface area contributed by atoms with Gasteiger partial charge in [0, 0.05) is 30.1 Å². The summed E-state index contributed by atoms with van der Waals surface area (Å²) in [4.78, 5) is 32.4. The lowest BCUT2D eigenvalue weighted by atomic mass is 10.1. The van der Waals surface area contributed by atoms with E-state index in [0.717, 1.165) is 0 Å². The van der Waals surface area contributed by atoms with E-state index in [0.29, 0.717) is 34.5 Å². The van der Waals surface area contributed by atoms with Crippen LogP contribution >= 0.6 is 11.8 Å². The Balaban J connectivity index is 1.56. The molecule has 7 nitrogen and oxygen atoms in total. The third-order valence-corrected chi connectivity index (χ3v) is 4.35. The average Bonchev–Trinajstić information content (AvgIpc) is 3.02. The molecule has 0 radical (unpaired) electrons. The first kappa shape index (κ1) is 18.1. The number of benzene rings is 1. The summed E-state index contributed by atoms with van der Waals surface area (Å²) in [6, 6.07) is 8.67. The van der Waals surface area contributed by atoms with Gasteiger partial charge in [-0.1, -0.05) is 25.6 Å². The van der Waals surface area contributed by atoms with E-state index >= 15 is 0 Å². The van der Waals surface area contributed by atoms with Crippen LogP contribution in [0, 0.1) is 5.92 Å². The van der Waals surface area contributed by atoms with Gasteiger partial charge < -0.3 is 5.32 Å². The molecule has 3 aromatic rings. The Kier molecular flexibility index (Phi) is 5.62. The van der Waals surface area contributed by atoms with Gasteiger partial charge in [0.05, 0.1) is 5.75 Å². The molecule has 0 aliphatic carbocycles. The van der Waals surface area contributed by atoms with Gasteiger partial charge in [-0.05, 0) is 36.2 Å². The molecule has 0 saturated carbocycles. The topological polar surface area (TPSA) is 89.2 Å². The lowest BCUT2D eigenvalue weighted by molar-refractivity contribution is -0.116. The minimum Gasteiger partial charge on any atom is -0.326 e. The maximum absolute atomic E-state index is 12.3. The molecule has 3 rings (SSSR count). The molecular weight excluding hydrogens is 350 g/mol. The van der Waals surface area contributed by atoms with Gasteiger partial charge in [0.1, 0.15) is 0 Å². The summed E-state index contributed by atoms with van der Waals surface area (Å²) in [5.74, 6) is 0.985. The predicted molar refractivity (Wildman–Crippen MR) is 100 cm³/mol. The molecular formula is C18H19N5O2S. The Morgan fingerprint density at radius 3 is 2.69 bits per heavy atom. The molecule has 2 aromatic heterocycles. The van der Waals surface area contributed by atoms with Gasteiger partial charge in [-0.2, -0.15) is 4.98 Å². The lowest BCUT2D eigenvalue weighted by Crippen LogP contribution is -2.14. The highest BCUT2D eigenvalue weighted by Crippen LogP contribution is 2.17. The van der Waals surface area contributed by atoms with E-state index in [-0.39, 0.29) is 17.4 Å². The van der Waals surface area contributed by atoms with Crippen LogP contribution in [0.3, 0.4) is 0 Å². The van der Waals surface area contributed by atoms with Crippen molar-refractivity contribution in [2.45, 2.75) is 25.4 Å². The summed E-state index contributed by atoms with van der Waals surface area (Å²) in [6.07, 6.45) is 3.87. The minimum absolute atomic E-state index is 0.0260. The predicted octanol–water partition coefficient (Wildman–Crippen LogP) is 3.08. The highest BCUT2D eigenvalue weighted by atomic mass is 32.2. The molecule has 0 spiro atoms. The first-order valence-electron chi connectivity index (χ1n) is 8.24. The molecule has 1 aromatic carbocycles. The molecule has 0 bridgehead atoms. The zero-order chi connectivity index (χ0) is 18.5. The number of aromatic nitrogens is 4. The van der Waals surface area contributed by atoms with Gasteiger partial charge in [0.25, 0.3) is 5.78 Å². The maximum atomic E-state index is 12.3. The summed E-state index contributed by atoms with van der Waals surface area (Å²) >= 11 is 1.27. The summed E-state index contributed by atoms with van der Waals surface area (Å²) in [7, 11) is 0. The van der Waals surface area contributed by atoms with E-state index in [1.165, 1.54) is 11.8 Å². The molecule has 1 amide bonds. The van der Waals surface area contributed by atoms with E-state index in [4.69, 9.17) is 0 Å². The molecule has 2 heterocycles. The van der Waals surface area contributed by atoms with E-state index in [2.05, 4.69) is 20.4 Å². The third kappa shape index (κ3) is 4.66. The lowest BCUT2D eigenvalue weighted by Gasteiger charge is -2.07. The van der Waals surface area contributed by atoms with Crippen molar-refractivity contribution in [1.82, 2.24) is 19.6 Å². The second kappa shape index (κ2) is 8.09. The van der Waals surface area contributed by atoms with Crippen LogP contribution in [-0.2, 0) is 4.79 Å². The first-order valence-corrected chi connectivity index (χ1v) is 9.23. The molecule has 0 fully saturated rings. The van der Waals surface area contributed by atoms with Gasteiger partial charge in [0.15, 0.2) is 5.78 Å². The van der Waals surface area contributed by atoms with E-state index < -0.39 is 0 Å². The highest BCUT2D eigenvalue weighted by molar-refractivity contribution is 7.99. The zero-order valence-electron chi connectivity index (χ0n) is 14.5. The molecule has 0 saturated heterocycles. The molecule has 1 N–H and O–H groups in total. The number of carbonyl (C=O) groups is 2. The van der Waals surface area contributed by atoms with Crippen LogP contribution in [-0.4, -0.2) is 37.0 Å². The Hall–Kier alpha value is -2.74. The number of carbonyl (C=O) groups excluding carboxylic acids is 2. The largest absolute Gasteiger partial charge is 0.326 e. The molecule has 8 heteroatoms. The number of thioether (sulfide) groups is 1. The Morgan fingerprint density at radius 1 is 1.23 bits per heavy atom. The van der Waals surface area contributed by atoms with Gasteiger partial charge in [0.2, 0.25) is 11.1 Å². The average molecular weight is 369 g/mol.